The molecule has 1 N–H and O–H groups in total. The monoisotopic (exact) mass is 322 g/mol. The van der Waals surface area contributed by atoms with Crippen LogP contribution < -0.4 is 0 Å². The van der Waals surface area contributed by atoms with E-state index in [0.29, 0.717) is 12.5 Å². The van der Waals surface area contributed by atoms with E-state index in [1.807, 2.05) is 12.2 Å². The Bertz CT molecular complexity index is 246. The van der Waals surface area contributed by atoms with E-state index < -0.39 is 0 Å². The van der Waals surface area contributed by atoms with Crippen molar-refractivity contribution in [2.45, 2.75) is 103 Å². The molecular weight excluding hydrogens is 280 g/mol. The molecule has 0 aliphatic carbocycles. The third-order valence-electron chi connectivity index (χ3n) is 4.80. The minimum absolute atomic E-state index is 0.387. The summed E-state index contributed by atoms with van der Waals surface area (Å²) in [5.74, 6) is 0.552. The predicted octanol–water partition coefficient (Wildman–Crippen LogP) is 7.21. The highest BCUT2D eigenvalue weighted by Gasteiger charge is 2.06. The summed E-state index contributed by atoms with van der Waals surface area (Å²) in [7, 11) is 0. The Morgan fingerprint density at radius 1 is 0.565 bits per heavy atom. The van der Waals surface area contributed by atoms with Gasteiger partial charge in [-0.05, 0) is 44.4 Å². The summed E-state index contributed by atoms with van der Waals surface area (Å²) in [5.41, 5.74) is 0. The molecule has 0 bridgehead atoms. The second-order valence-electron chi connectivity index (χ2n) is 7.02. The highest BCUT2D eigenvalue weighted by Crippen LogP contribution is 2.19. The zero-order valence-corrected chi connectivity index (χ0v) is 15.6. The van der Waals surface area contributed by atoms with Crippen LogP contribution in [0.2, 0.25) is 0 Å². The molecule has 0 radical (unpaired) electrons. The molecule has 23 heavy (non-hydrogen) atoms. The fourth-order valence-electron chi connectivity index (χ4n) is 3.18. The van der Waals surface area contributed by atoms with Crippen LogP contribution in [-0.2, 0) is 0 Å². The fraction of sp³-hybridized carbons (Fsp3) is 0.818. The third kappa shape index (κ3) is 17.6. The lowest BCUT2D eigenvalue weighted by Crippen LogP contribution is -2.06. The molecule has 0 saturated carbocycles. The number of hydrogen-bond acceptors (Lipinski definition) is 1. The second-order valence-corrected chi connectivity index (χ2v) is 7.02. The van der Waals surface area contributed by atoms with Crippen LogP contribution >= 0.6 is 0 Å². The first-order valence-corrected chi connectivity index (χ1v) is 10.2. The van der Waals surface area contributed by atoms with Gasteiger partial charge in [-0.1, -0.05) is 76.4 Å². The minimum atomic E-state index is 0.387. The van der Waals surface area contributed by atoms with Gasteiger partial charge in [0.05, 0.1) is 0 Å². The van der Waals surface area contributed by atoms with Crippen molar-refractivity contribution in [1.82, 2.24) is 0 Å². The Morgan fingerprint density at radius 3 is 1.26 bits per heavy atom. The van der Waals surface area contributed by atoms with Gasteiger partial charge in [-0.2, -0.15) is 0 Å². The van der Waals surface area contributed by atoms with Crippen molar-refractivity contribution >= 4 is 0 Å². The SMILES string of the molecule is C=CCCCCCCCCCC(CO)CCCCCCCC=C. The smallest absolute Gasteiger partial charge is 0.0459 e. The molecule has 0 heterocycles. The average Bonchev–Trinajstić information content (AvgIpc) is 2.57. The first kappa shape index (κ1) is 22.4. The molecule has 0 aliphatic heterocycles. The van der Waals surface area contributed by atoms with E-state index in [0.717, 1.165) is 6.42 Å². The number of aliphatic hydroxyl groups is 1. The van der Waals surface area contributed by atoms with Gasteiger partial charge in [-0.25, -0.2) is 0 Å². The van der Waals surface area contributed by atoms with Crippen molar-refractivity contribution < 1.29 is 5.11 Å². The standard InChI is InChI=1S/C22H42O/c1-3-5-7-9-11-12-14-16-18-20-22(21-23)19-17-15-13-10-8-6-4-2/h3-4,22-23H,1-2,5-21H2. The van der Waals surface area contributed by atoms with Crippen LogP contribution in [0.1, 0.15) is 103 Å². The maximum Gasteiger partial charge on any atom is 0.0459 e. The van der Waals surface area contributed by atoms with Crippen LogP contribution in [0.5, 0.6) is 0 Å². The molecule has 0 fully saturated rings. The van der Waals surface area contributed by atoms with Crippen LogP contribution in [-0.4, -0.2) is 11.7 Å². The van der Waals surface area contributed by atoms with E-state index in [4.69, 9.17) is 0 Å². The molecular formula is C22H42O. The summed E-state index contributed by atoms with van der Waals surface area (Å²) >= 11 is 0. The van der Waals surface area contributed by atoms with Crippen LogP contribution in [0, 0.1) is 5.92 Å². The maximum absolute atomic E-state index is 9.50. The Kier molecular flexibility index (Phi) is 19.0. The van der Waals surface area contributed by atoms with Crippen molar-refractivity contribution in [1.29, 1.82) is 0 Å². The van der Waals surface area contributed by atoms with Gasteiger partial charge in [-0.15, -0.1) is 13.2 Å². The average molecular weight is 323 g/mol. The van der Waals surface area contributed by atoms with Gasteiger partial charge >= 0.3 is 0 Å². The molecule has 1 heteroatoms. The first-order chi connectivity index (χ1) is 11.3. The van der Waals surface area contributed by atoms with Gasteiger partial charge in [-0.3, -0.25) is 0 Å². The second kappa shape index (κ2) is 19.5. The van der Waals surface area contributed by atoms with E-state index in [-0.39, 0.29) is 0 Å². The number of unbranched alkanes of at least 4 members (excludes halogenated alkanes) is 12. The highest BCUT2D eigenvalue weighted by atomic mass is 16.3. The van der Waals surface area contributed by atoms with Gasteiger partial charge in [0.2, 0.25) is 0 Å². The lowest BCUT2D eigenvalue weighted by molar-refractivity contribution is 0.204. The molecule has 0 saturated heterocycles. The lowest BCUT2D eigenvalue weighted by Gasteiger charge is -2.13. The minimum Gasteiger partial charge on any atom is -0.396 e. The van der Waals surface area contributed by atoms with Crippen LogP contribution in [0.3, 0.4) is 0 Å². The van der Waals surface area contributed by atoms with Gasteiger partial charge in [0, 0.05) is 6.61 Å². The van der Waals surface area contributed by atoms with Crippen molar-refractivity contribution in [3.63, 3.8) is 0 Å². The highest BCUT2D eigenvalue weighted by molar-refractivity contribution is 4.66. The number of rotatable bonds is 19. The molecule has 1 nitrogen and oxygen atoms in total. The van der Waals surface area contributed by atoms with Gasteiger partial charge in [0.15, 0.2) is 0 Å². The zero-order chi connectivity index (χ0) is 17.0. The largest absolute Gasteiger partial charge is 0.396 e. The molecule has 1 atom stereocenters. The van der Waals surface area contributed by atoms with Crippen molar-refractivity contribution in [2.24, 2.45) is 5.92 Å². The summed E-state index contributed by atoms with van der Waals surface area (Å²) in [4.78, 5) is 0. The topological polar surface area (TPSA) is 20.2 Å². The number of aliphatic hydroxyl groups excluding tert-OH is 1. The van der Waals surface area contributed by atoms with E-state index in [9.17, 15) is 5.11 Å². The summed E-state index contributed by atoms with van der Waals surface area (Å²) in [6.07, 6.45) is 24.9. The van der Waals surface area contributed by atoms with Crippen molar-refractivity contribution in [2.75, 3.05) is 6.61 Å². The molecule has 0 aromatic carbocycles. The summed E-state index contributed by atoms with van der Waals surface area (Å²) in [6, 6.07) is 0. The quantitative estimate of drug-likeness (QED) is 0.197. The summed E-state index contributed by atoms with van der Waals surface area (Å²) < 4.78 is 0. The first-order valence-electron chi connectivity index (χ1n) is 10.2. The van der Waals surface area contributed by atoms with E-state index in [1.165, 1.54) is 96.3 Å². The molecule has 0 aromatic heterocycles. The molecule has 0 aromatic rings. The van der Waals surface area contributed by atoms with Gasteiger partial charge in [0.25, 0.3) is 0 Å². The number of allylic oxidation sites excluding steroid dienone is 2. The van der Waals surface area contributed by atoms with Crippen molar-refractivity contribution in [3.8, 4) is 0 Å². The Balaban J connectivity index is 3.31. The normalized spacial score (nSPS) is 12.2. The molecule has 1 unspecified atom stereocenters. The molecule has 136 valence electrons. The summed E-state index contributed by atoms with van der Waals surface area (Å²) in [6.45, 7) is 7.91. The Morgan fingerprint density at radius 2 is 0.913 bits per heavy atom. The Labute approximate surface area is 146 Å². The predicted molar refractivity (Wildman–Crippen MR) is 105 cm³/mol. The van der Waals surface area contributed by atoms with Crippen molar-refractivity contribution in [3.05, 3.63) is 25.3 Å². The number of hydrogen-bond donors (Lipinski definition) is 1. The lowest BCUT2D eigenvalue weighted by atomic mass is 9.95. The van der Waals surface area contributed by atoms with Crippen LogP contribution in [0.25, 0.3) is 0 Å². The Hall–Kier alpha value is -0.560. The zero-order valence-electron chi connectivity index (χ0n) is 15.6. The fourth-order valence-corrected chi connectivity index (χ4v) is 3.18. The van der Waals surface area contributed by atoms with Gasteiger partial charge < -0.3 is 5.11 Å². The molecule has 0 amide bonds. The third-order valence-corrected chi connectivity index (χ3v) is 4.80. The maximum atomic E-state index is 9.50. The van der Waals surface area contributed by atoms with E-state index in [2.05, 4.69) is 13.2 Å². The van der Waals surface area contributed by atoms with E-state index >= 15 is 0 Å². The molecule has 0 rings (SSSR count). The van der Waals surface area contributed by atoms with Gasteiger partial charge in [0.1, 0.15) is 0 Å². The molecule has 0 spiro atoms. The van der Waals surface area contributed by atoms with Crippen LogP contribution in [0.4, 0.5) is 0 Å². The summed E-state index contributed by atoms with van der Waals surface area (Å²) in [5, 5.41) is 9.50. The molecule has 0 aliphatic rings. The van der Waals surface area contributed by atoms with Crippen LogP contribution in [0.15, 0.2) is 25.3 Å². The van der Waals surface area contributed by atoms with E-state index in [1.54, 1.807) is 0 Å².